The predicted octanol–water partition coefficient (Wildman–Crippen LogP) is 3.41. The summed E-state index contributed by atoms with van der Waals surface area (Å²) in [6, 6.07) is 8.02. The van der Waals surface area contributed by atoms with Crippen LogP contribution in [0.4, 0.5) is 0 Å². The van der Waals surface area contributed by atoms with Crippen molar-refractivity contribution in [1.82, 2.24) is 14.1 Å². The first kappa shape index (κ1) is 25.4. The number of fused-ring (bicyclic) bond motifs is 1. The molecule has 4 rings (SSSR count). The lowest BCUT2D eigenvalue weighted by Gasteiger charge is -2.46. The molecule has 1 unspecified atom stereocenters. The highest BCUT2D eigenvalue weighted by Gasteiger charge is 2.46. The van der Waals surface area contributed by atoms with E-state index in [-0.39, 0.29) is 16.7 Å². The van der Waals surface area contributed by atoms with E-state index in [0.717, 1.165) is 51.7 Å². The first-order chi connectivity index (χ1) is 16.1. The molecule has 0 aliphatic carbocycles. The molecule has 1 N–H and O–H groups in total. The van der Waals surface area contributed by atoms with Gasteiger partial charge in [-0.05, 0) is 57.0 Å². The van der Waals surface area contributed by atoms with Gasteiger partial charge in [0.2, 0.25) is 5.91 Å². The number of amides is 1. The number of carbonyl (C=O) groups excluding carboxylic acids is 1. The monoisotopic (exact) mass is 527 g/mol. The number of benzene rings is 1. The van der Waals surface area contributed by atoms with E-state index in [1.165, 1.54) is 0 Å². The van der Waals surface area contributed by atoms with Crippen molar-refractivity contribution in [3.63, 3.8) is 0 Å². The van der Waals surface area contributed by atoms with E-state index in [0.29, 0.717) is 12.5 Å². The molecule has 11 heteroatoms. The third-order valence-corrected chi connectivity index (χ3v) is 10.6. The first-order valence-corrected chi connectivity index (χ1v) is 14.2. The summed E-state index contributed by atoms with van der Waals surface area (Å²) in [4.78, 5) is 29.3. The van der Waals surface area contributed by atoms with Gasteiger partial charge in [0.25, 0.3) is 10.0 Å². The summed E-state index contributed by atoms with van der Waals surface area (Å²) in [7, 11) is -4.21. The van der Waals surface area contributed by atoms with Crippen LogP contribution < -0.4 is 0 Å². The highest BCUT2D eigenvalue weighted by molar-refractivity contribution is 7.91. The molecule has 3 heterocycles. The van der Waals surface area contributed by atoms with Gasteiger partial charge in [0.05, 0.1) is 0 Å². The second-order valence-electron chi connectivity index (χ2n) is 9.18. The number of nitrogens with zero attached hydrogens (tertiary/aromatic N) is 3. The Labute approximate surface area is 209 Å². The molecule has 0 saturated carbocycles. The average Bonchev–Trinajstić information content (AvgIpc) is 3.23. The van der Waals surface area contributed by atoms with Gasteiger partial charge < -0.3 is 14.9 Å². The molecule has 0 radical (unpaired) electrons. The first-order valence-electron chi connectivity index (χ1n) is 11.5. The van der Waals surface area contributed by atoms with Crippen LogP contribution >= 0.6 is 22.9 Å². The molecule has 0 bridgehead atoms. The zero-order valence-corrected chi connectivity index (χ0v) is 21.7. The quantitative estimate of drug-likeness (QED) is 0.437. The maximum atomic E-state index is 13.7. The van der Waals surface area contributed by atoms with Crippen LogP contribution in [0.2, 0.25) is 0 Å². The normalized spacial score (nSPS) is 23.3. The number of carboxylic acids is 1. The van der Waals surface area contributed by atoms with E-state index < -0.39 is 40.0 Å². The van der Waals surface area contributed by atoms with Crippen molar-refractivity contribution in [2.24, 2.45) is 0 Å². The zero-order chi connectivity index (χ0) is 24.6. The molecule has 186 valence electrons. The predicted molar refractivity (Wildman–Crippen MR) is 133 cm³/mol. The Morgan fingerprint density at radius 2 is 1.88 bits per heavy atom. The fourth-order valence-corrected chi connectivity index (χ4v) is 8.39. The number of carbonyl (C=O) groups is 2. The van der Waals surface area contributed by atoms with Crippen LogP contribution in [0.25, 0.3) is 10.1 Å². The van der Waals surface area contributed by atoms with Gasteiger partial charge in [-0.25, -0.2) is 8.42 Å². The number of aliphatic carboxylic acids is 1. The summed E-state index contributed by atoms with van der Waals surface area (Å²) in [6.45, 7) is 5.16. The van der Waals surface area contributed by atoms with Gasteiger partial charge >= 0.3 is 5.97 Å². The molecule has 0 spiro atoms. The van der Waals surface area contributed by atoms with Crippen LogP contribution in [0, 0.1) is 0 Å². The standard InChI is InChI=1S/C23H30ClN3O5S2/c1-15(2)25-11-9-17(10-12-25)27-20(24)8-7-18(23(27)30)26(14-21(28)29)34(31,32)22-13-16-5-3-4-6-19(16)33-22/h3-6,13,15,17-18,20H,7-12,14H2,1-2H3,(H,28,29)/t18?,20-/m1/s1. The minimum absolute atomic E-state index is 0.0348. The molecule has 2 atom stereocenters. The summed E-state index contributed by atoms with van der Waals surface area (Å²) in [5.41, 5.74) is -0.530. The van der Waals surface area contributed by atoms with E-state index >= 15 is 0 Å². The van der Waals surface area contributed by atoms with E-state index in [2.05, 4.69) is 18.7 Å². The third kappa shape index (κ3) is 4.97. The Morgan fingerprint density at radius 3 is 2.50 bits per heavy atom. The number of alkyl halides is 1. The molecule has 2 saturated heterocycles. The fraction of sp³-hybridized carbons (Fsp3) is 0.565. The molecule has 2 aliphatic heterocycles. The number of piperidine rings is 2. The number of hydrogen-bond acceptors (Lipinski definition) is 6. The van der Waals surface area contributed by atoms with Gasteiger partial charge in [-0.15, -0.1) is 11.3 Å². The molecule has 34 heavy (non-hydrogen) atoms. The van der Waals surface area contributed by atoms with E-state index in [1.54, 1.807) is 11.0 Å². The fourth-order valence-electron chi connectivity index (χ4n) is 4.92. The SMILES string of the molecule is CC(C)N1CCC(N2C(=O)C(N(CC(=O)O)S(=O)(=O)c3cc4ccccc4s3)CC[C@@H]2Cl)CC1. The zero-order valence-electron chi connectivity index (χ0n) is 19.3. The molecule has 2 aliphatic rings. The van der Waals surface area contributed by atoms with Crippen molar-refractivity contribution < 1.29 is 23.1 Å². The van der Waals surface area contributed by atoms with Crippen molar-refractivity contribution in [3.8, 4) is 0 Å². The maximum Gasteiger partial charge on any atom is 0.318 e. The summed E-state index contributed by atoms with van der Waals surface area (Å²) in [5, 5.41) is 10.3. The number of thiophene rings is 1. The molecule has 2 fully saturated rings. The molecule has 2 aromatic rings. The number of carboxylic acid groups (broad SMARTS) is 1. The molecule has 8 nitrogen and oxygen atoms in total. The Bertz CT molecular complexity index is 1130. The van der Waals surface area contributed by atoms with Crippen LogP contribution in [0.1, 0.15) is 39.5 Å². The van der Waals surface area contributed by atoms with Crippen LogP contribution in [0.15, 0.2) is 34.5 Å². The van der Waals surface area contributed by atoms with Crippen LogP contribution in [0.5, 0.6) is 0 Å². The van der Waals surface area contributed by atoms with Crippen molar-refractivity contribution in [2.75, 3.05) is 19.6 Å². The Kier molecular flexibility index (Phi) is 7.54. The van der Waals surface area contributed by atoms with Gasteiger partial charge in [0.15, 0.2) is 0 Å². The van der Waals surface area contributed by atoms with Crippen LogP contribution in [0.3, 0.4) is 0 Å². The van der Waals surface area contributed by atoms with Gasteiger partial charge in [0, 0.05) is 29.9 Å². The van der Waals surface area contributed by atoms with Crippen molar-refractivity contribution in [3.05, 3.63) is 30.3 Å². The van der Waals surface area contributed by atoms with Crippen molar-refractivity contribution >= 4 is 54.9 Å². The molecular formula is C23H30ClN3O5S2. The highest BCUT2D eigenvalue weighted by atomic mass is 35.5. The number of hydrogen-bond donors (Lipinski definition) is 1. The second kappa shape index (κ2) is 10.1. The van der Waals surface area contributed by atoms with Crippen LogP contribution in [-0.2, 0) is 19.6 Å². The highest BCUT2D eigenvalue weighted by Crippen LogP contribution is 2.36. The van der Waals surface area contributed by atoms with Crippen molar-refractivity contribution in [2.45, 2.75) is 67.4 Å². The van der Waals surface area contributed by atoms with Gasteiger partial charge in [-0.3, -0.25) is 9.59 Å². The third-order valence-electron chi connectivity index (χ3n) is 6.75. The average molecular weight is 528 g/mol. The number of likely N-dealkylation sites (tertiary alicyclic amines) is 2. The lowest BCUT2D eigenvalue weighted by atomic mass is 9.96. The summed E-state index contributed by atoms with van der Waals surface area (Å²) in [5.74, 6) is -1.71. The smallest absolute Gasteiger partial charge is 0.318 e. The molecule has 1 aromatic heterocycles. The number of sulfonamides is 1. The van der Waals surface area contributed by atoms with E-state index in [9.17, 15) is 23.1 Å². The van der Waals surface area contributed by atoms with Crippen LogP contribution in [-0.4, -0.2) is 82.8 Å². The van der Waals surface area contributed by atoms with Gasteiger partial charge in [0.1, 0.15) is 22.3 Å². The minimum atomic E-state index is -4.21. The Hall–Kier alpha value is -1.72. The summed E-state index contributed by atoms with van der Waals surface area (Å²) in [6.07, 6.45) is 2.09. The molecule has 1 amide bonds. The maximum absolute atomic E-state index is 13.7. The lowest BCUT2D eigenvalue weighted by Crippen LogP contribution is -2.61. The topological polar surface area (TPSA) is 98.2 Å². The largest absolute Gasteiger partial charge is 0.480 e. The van der Waals surface area contributed by atoms with Crippen molar-refractivity contribution in [1.29, 1.82) is 0 Å². The summed E-state index contributed by atoms with van der Waals surface area (Å²) >= 11 is 7.66. The molecular weight excluding hydrogens is 498 g/mol. The Morgan fingerprint density at radius 1 is 1.21 bits per heavy atom. The van der Waals surface area contributed by atoms with E-state index in [4.69, 9.17) is 11.6 Å². The lowest BCUT2D eigenvalue weighted by molar-refractivity contribution is -0.145. The second-order valence-corrected chi connectivity index (χ2v) is 12.9. The molecule has 1 aromatic carbocycles. The van der Waals surface area contributed by atoms with Gasteiger partial charge in [-0.1, -0.05) is 29.8 Å². The minimum Gasteiger partial charge on any atom is -0.480 e. The Balaban J connectivity index is 1.63. The number of halogens is 1. The van der Waals surface area contributed by atoms with Gasteiger partial charge in [-0.2, -0.15) is 4.31 Å². The number of rotatable bonds is 7. The summed E-state index contributed by atoms with van der Waals surface area (Å²) < 4.78 is 28.9. The van der Waals surface area contributed by atoms with E-state index in [1.807, 2.05) is 24.3 Å².